The summed E-state index contributed by atoms with van der Waals surface area (Å²) in [4.78, 5) is 0. The molecule has 0 amide bonds. The average molecular weight is 128 g/mol. The van der Waals surface area contributed by atoms with Crippen LogP contribution in [0.1, 0.15) is 46.5 Å². The Hall–Kier alpha value is -0.260. The molecule has 0 aliphatic rings. The fourth-order valence-corrected chi connectivity index (χ4v) is 0.348. The predicted octanol–water partition coefficient (Wildman–Crippen LogP) is 3.78. The minimum Gasteiger partial charge on any atom is -0.103 e. The lowest BCUT2D eigenvalue weighted by atomic mass is 10.3. The van der Waals surface area contributed by atoms with Gasteiger partial charge in [0.15, 0.2) is 0 Å². The van der Waals surface area contributed by atoms with E-state index in [2.05, 4.69) is 27.4 Å². The molecule has 0 aromatic heterocycles. The van der Waals surface area contributed by atoms with E-state index in [1.165, 1.54) is 25.7 Å². The lowest BCUT2D eigenvalue weighted by molar-refractivity contribution is 0.816. The van der Waals surface area contributed by atoms with Gasteiger partial charge in [0, 0.05) is 0 Å². The van der Waals surface area contributed by atoms with Crippen molar-refractivity contribution in [3.05, 3.63) is 12.7 Å². The van der Waals surface area contributed by atoms with Crippen molar-refractivity contribution in [2.24, 2.45) is 0 Å². The quantitative estimate of drug-likeness (QED) is 0.401. The van der Waals surface area contributed by atoms with Crippen LogP contribution in [0, 0.1) is 0 Å². The van der Waals surface area contributed by atoms with Gasteiger partial charge in [-0.05, 0) is 6.42 Å². The smallest absolute Gasteiger partial charge is 0.0354 e. The summed E-state index contributed by atoms with van der Waals surface area (Å²) in [6.07, 6.45) is 6.97. The first-order chi connectivity index (χ1) is 4.33. The van der Waals surface area contributed by atoms with Gasteiger partial charge in [0.25, 0.3) is 0 Å². The Kier molecular flexibility index (Phi) is 20.0. The van der Waals surface area contributed by atoms with Gasteiger partial charge in [0.1, 0.15) is 0 Å². The fraction of sp³-hybridized carbons (Fsp3) is 0.778. The molecule has 0 fully saturated rings. The molecule has 0 aliphatic carbocycles. The molecule has 0 nitrogen and oxygen atoms in total. The molecule has 9 heavy (non-hydrogen) atoms. The topological polar surface area (TPSA) is 0 Å². The van der Waals surface area contributed by atoms with E-state index in [1.54, 1.807) is 0 Å². The van der Waals surface area contributed by atoms with Crippen LogP contribution in [0.5, 0.6) is 0 Å². The van der Waals surface area contributed by atoms with Gasteiger partial charge in [0.05, 0.1) is 0 Å². The molecule has 0 heterocycles. The molecule has 0 bridgehead atoms. The second-order valence-electron chi connectivity index (χ2n) is 2.14. The summed E-state index contributed by atoms with van der Waals surface area (Å²) >= 11 is 0. The lowest BCUT2D eigenvalue weighted by Crippen LogP contribution is -1.61. The van der Waals surface area contributed by atoms with E-state index in [4.69, 9.17) is 0 Å². The Morgan fingerprint density at radius 1 is 1.22 bits per heavy atom. The number of hydrogen-bond donors (Lipinski definition) is 0. The highest BCUT2D eigenvalue weighted by atomic mass is 13.8. The van der Waals surface area contributed by atoms with Crippen LogP contribution in [0.3, 0.4) is 0 Å². The van der Waals surface area contributed by atoms with Gasteiger partial charge >= 0.3 is 0 Å². The summed E-state index contributed by atoms with van der Waals surface area (Å²) in [6.45, 7) is 10.0. The summed E-state index contributed by atoms with van der Waals surface area (Å²) < 4.78 is 0. The maximum atomic E-state index is 3.60. The Morgan fingerprint density at radius 2 is 1.67 bits per heavy atom. The molecular weight excluding hydrogens is 108 g/mol. The van der Waals surface area contributed by atoms with Crippen molar-refractivity contribution < 1.29 is 0 Å². The molecule has 0 aliphatic heterocycles. The van der Waals surface area contributed by atoms with E-state index in [0.717, 1.165) is 0 Å². The standard InChI is InChI=1S/C6H12.C3H8/c1-3-5-6-4-2;1-3-2/h3H,1,4-6H2,2H3;3H2,1-2H3. The molecule has 0 atom stereocenters. The normalized spacial score (nSPS) is 7.44. The number of rotatable bonds is 3. The summed E-state index contributed by atoms with van der Waals surface area (Å²) in [6, 6.07) is 0. The highest BCUT2D eigenvalue weighted by Gasteiger charge is 1.71. The van der Waals surface area contributed by atoms with Crippen molar-refractivity contribution in [1.82, 2.24) is 0 Å². The second kappa shape index (κ2) is 15.6. The van der Waals surface area contributed by atoms with Crippen molar-refractivity contribution >= 4 is 0 Å². The molecule has 0 saturated carbocycles. The summed E-state index contributed by atoms with van der Waals surface area (Å²) in [7, 11) is 0. The molecule has 0 radical (unpaired) electrons. The molecule has 0 heteroatoms. The SMILES string of the molecule is C=CCCCC.CCC. The molecule has 0 aromatic rings. The van der Waals surface area contributed by atoms with Gasteiger partial charge in [-0.3, -0.25) is 0 Å². The molecule has 0 saturated heterocycles. The molecule has 0 N–H and O–H groups in total. The van der Waals surface area contributed by atoms with Crippen LogP contribution in [0.4, 0.5) is 0 Å². The maximum Gasteiger partial charge on any atom is -0.0354 e. The summed E-state index contributed by atoms with van der Waals surface area (Å²) in [5.41, 5.74) is 0. The minimum absolute atomic E-state index is 1.18. The number of hydrogen-bond acceptors (Lipinski definition) is 0. The van der Waals surface area contributed by atoms with Crippen molar-refractivity contribution in [3.8, 4) is 0 Å². The predicted molar refractivity (Wildman–Crippen MR) is 45.7 cm³/mol. The van der Waals surface area contributed by atoms with Gasteiger partial charge < -0.3 is 0 Å². The van der Waals surface area contributed by atoms with Crippen LogP contribution in [0.15, 0.2) is 12.7 Å². The first-order valence-electron chi connectivity index (χ1n) is 3.94. The Balaban J connectivity index is 0. The van der Waals surface area contributed by atoms with Crippen molar-refractivity contribution in [2.45, 2.75) is 46.5 Å². The van der Waals surface area contributed by atoms with E-state index in [9.17, 15) is 0 Å². The zero-order valence-corrected chi connectivity index (χ0v) is 7.11. The minimum atomic E-state index is 1.18. The Labute approximate surface area is 60.0 Å². The van der Waals surface area contributed by atoms with Crippen LogP contribution in [0.25, 0.3) is 0 Å². The van der Waals surface area contributed by atoms with Gasteiger partial charge in [0.2, 0.25) is 0 Å². The third-order valence-corrected chi connectivity index (χ3v) is 0.762. The van der Waals surface area contributed by atoms with Crippen LogP contribution in [-0.4, -0.2) is 0 Å². The third kappa shape index (κ3) is 34.0. The zero-order chi connectivity index (χ0) is 7.54. The van der Waals surface area contributed by atoms with E-state index in [0.29, 0.717) is 0 Å². The van der Waals surface area contributed by atoms with Crippen molar-refractivity contribution in [2.75, 3.05) is 0 Å². The summed E-state index contributed by atoms with van der Waals surface area (Å²) in [5, 5.41) is 0. The van der Waals surface area contributed by atoms with E-state index in [-0.39, 0.29) is 0 Å². The third-order valence-electron chi connectivity index (χ3n) is 0.762. The molecular formula is C9H20. The first kappa shape index (κ1) is 11.5. The van der Waals surface area contributed by atoms with Gasteiger partial charge in [-0.2, -0.15) is 0 Å². The van der Waals surface area contributed by atoms with Crippen LogP contribution in [-0.2, 0) is 0 Å². The van der Waals surface area contributed by atoms with Crippen molar-refractivity contribution in [1.29, 1.82) is 0 Å². The molecule has 56 valence electrons. The zero-order valence-electron chi connectivity index (χ0n) is 7.11. The largest absolute Gasteiger partial charge is 0.103 e. The van der Waals surface area contributed by atoms with Crippen LogP contribution < -0.4 is 0 Å². The highest BCUT2D eigenvalue weighted by molar-refractivity contribution is 4.64. The Bertz CT molecular complexity index is 37.3. The van der Waals surface area contributed by atoms with Crippen LogP contribution in [0.2, 0.25) is 0 Å². The number of unbranched alkanes of at least 4 members (excludes halogenated alkanes) is 2. The fourth-order valence-electron chi connectivity index (χ4n) is 0.348. The first-order valence-corrected chi connectivity index (χ1v) is 3.94. The Morgan fingerprint density at radius 3 is 1.78 bits per heavy atom. The monoisotopic (exact) mass is 128 g/mol. The highest BCUT2D eigenvalue weighted by Crippen LogP contribution is 1.91. The van der Waals surface area contributed by atoms with E-state index >= 15 is 0 Å². The van der Waals surface area contributed by atoms with Gasteiger partial charge in [-0.15, -0.1) is 6.58 Å². The van der Waals surface area contributed by atoms with E-state index < -0.39 is 0 Å². The van der Waals surface area contributed by atoms with Gasteiger partial charge in [-0.1, -0.05) is 46.1 Å². The molecule has 0 unspecified atom stereocenters. The maximum absolute atomic E-state index is 3.60. The second-order valence-corrected chi connectivity index (χ2v) is 2.14. The van der Waals surface area contributed by atoms with Crippen molar-refractivity contribution in [3.63, 3.8) is 0 Å². The summed E-state index contributed by atoms with van der Waals surface area (Å²) in [5.74, 6) is 0. The van der Waals surface area contributed by atoms with E-state index in [1.807, 2.05) is 6.08 Å². The molecule has 0 rings (SSSR count). The van der Waals surface area contributed by atoms with Crippen LogP contribution >= 0.6 is 0 Å². The van der Waals surface area contributed by atoms with Gasteiger partial charge in [-0.25, -0.2) is 0 Å². The lowest BCUT2D eigenvalue weighted by Gasteiger charge is -1.81. The molecule has 0 spiro atoms. The number of allylic oxidation sites excluding steroid dienone is 1. The average Bonchev–Trinajstić information content (AvgIpc) is 1.86. The molecule has 0 aromatic carbocycles.